The summed E-state index contributed by atoms with van der Waals surface area (Å²) in [4.78, 5) is 16.9. The first kappa shape index (κ1) is 15.9. The van der Waals surface area contributed by atoms with E-state index >= 15 is 0 Å². The fraction of sp³-hybridized carbons (Fsp3) is 0.438. The fourth-order valence-corrected chi connectivity index (χ4v) is 3.06. The number of piperidine rings is 1. The van der Waals surface area contributed by atoms with Gasteiger partial charge < -0.3 is 9.88 Å². The molecule has 1 aromatic heterocycles. The Labute approximate surface area is 131 Å². The minimum Gasteiger partial charge on any atom is -0.306 e. The van der Waals surface area contributed by atoms with Gasteiger partial charge >= 0.3 is 11.9 Å². The second-order valence-electron chi connectivity index (χ2n) is 5.96. The van der Waals surface area contributed by atoms with Crippen molar-refractivity contribution in [2.24, 2.45) is 0 Å². The molecule has 0 aliphatic carbocycles. The maximum Gasteiger partial charge on any atom is 0.417 e. The number of hydrogen-bond donors (Lipinski definition) is 1. The van der Waals surface area contributed by atoms with E-state index in [2.05, 4.69) is 9.88 Å². The van der Waals surface area contributed by atoms with E-state index in [0.717, 1.165) is 32.0 Å². The molecule has 124 valence electrons. The van der Waals surface area contributed by atoms with Crippen molar-refractivity contribution < 1.29 is 13.2 Å². The first-order valence-corrected chi connectivity index (χ1v) is 7.52. The zero-order valence-electron chi connectivity index (χ0n) is 12.7. The average molecular weight is 325 g/mol. The summed E-state index contributed by atoms with van der Waals surface area (Å²) in [6.07, 6.45) is -1.31. The number of aromatic nitrogens is 2. The van der Waals surface area contributed by atoms with Gasteiger partial charge in [-0.25, -0.2) is 4.79 Å². The number of H-pyrrole nitrogens is 1. The summed E-state index contributed by atoms with van der Waals surface area (Å²) in [5.74, 6) is 0. The molecular weight excluding hydrogens is 307 g/mol. The van der Waals surface area contributed by atoms with Crippen LogP contribution in [0.1, 0.15) is 24.4 Å². The van der Waals surface area contributed by atoms with Crippen molar-refractivity contribution in [1.82, 2.24) is 14.5 Å². The van der Waals surface area contributed by atoms with Gasteiger partial charge in [0, 0.05) is 17.8 Å². The number of likely N-dealkylation sites (tertiary alicyclic amines) is 1. The van der Waals surface area contributed by atoms with Crippen molar-refractivity contribution in [3.8, 4) is 11.3 Å². The van der Waals surface area contributed by atoms with Gasteiger partial charge in [-0.15, -0.1) is 0 Å². The largest absolute Gasteiger partial charge is 0.417 e. The van der Waals surface area contributed by atoms with Gasteiger partial charge in [-0.1, -0.05) is 18.2 Å². The van der Waals surface area contributed by atoms with Crippen LogP contribution in [-0.2, 0) is 6.18 Å². The number of benzene rings is 1. The molecule has 4 nitrogen and oxygen atoms in total. The van der Waals surface area contributed by atoms with Gasteiger partial charge in [-0.05, 0) is 39.0 Å². The van der Waals surface area contributed by atoms with E-state index < -0.39 is 11.7 Å². The molecule has 0 bridgehead atoms. The van der Waals surface area contributed by atoms with Crippen LogP contribution in [0, 0.1) is 0 Å². The molecule has 2 heterocycles. The van der Waals surface area contributed by atoms with Crippen molar-refractivity contribution in [2.75, 3.05) is 20.1 Å². The molecule has 1 aliphatic heterocycles. The Balaban J connectivity index is 1.98. The molecule has 0 unspecified atom stereocenters. The van der Waals surface area contributed by atoms with Gasteiger partial charge in [0.25, 0.3) is 0 Å². The van der Waals surface area contributed by atoms with Crippen LogP contribution in [0.2, 0.25) is 0 Å². The van der Waals surface area contributed by atoms with Crippen LogP contribution in [0.4, 0.5) is 13.2 Å². The lowest BCUT2D eigenvalue weighted by atomic mass is 10.0. The molecule has 0 amide bonds. The Morgan fingerprint density at radius 3 is 2.48 bits per heavy atom. The van der Waals surface area contributed by atoms with Crippen molar-refractivity contribution >= 4 is 0 Å². The second kappa shape index (κ2) is 5.88. The standard InChI is InChI=1S/C16H18F3N3O/c1-21-8-6-11(7-9-21)22-10-14(20-15(22)23)12-4-2-3-5-13(12)16(17,18)19/h2-5,10-11H,6-9H2,1H3,(H,20,23). The third-order valence-corrected chi connectivity index (χ3v) is 4.35. The van der Waals surface area contributed by atoms with Gasteiger partial charge in [-0.3, -0.25) is 4.57 Å². The Bertz CT molecular complexity index is 740. The number of imidazole rings is 1. The number of alkyl halides is 3. The van der Waals surface area contributed by atoms with E-state index in [1.807, 2.05) is 7.05 Å². The molecule has 0 spiro atoms. The fourth-order valence-electron chi connectivity index (χ4n) is 3.06. The molecule has 3 rings (SSSR count). The third-order valence-electron chi connectivity index (χ3n) is 4.35. The minimum absolute atomic E-state index is 0.00350. The summed E-state index contributed by atoms with van der Waals surface area (Å²) >= 11 is 0. The SMILES string of the molecule is CN1CCC(n2cc(-c3ccccc3C(F)(F)F)[nH]c2=O)CC1. The molecule has 0 atom stereocenters. The molecule has 1 saturated heterocycles. The predicted octanol–water partition coefficient (Wildman–Crippen LogP) is 3.13. The predicted molar refractivity (Wildman–Crippen MR) is 81.3 cm³/mol. The van der Waals surface area contributed by atoms with E-state index in [-0.39, 0.29) is 23.0 Å². The Morgan fingerprint density at radius 1 is 1.17 bits per heavy atom. The number of hydrogen-bond acceptors (Lipinski definition) is 2. The highest BCUT2D eigenvalue weighted by Crippen LogP contribution is 2.36. The molecule has 1 N–H and O–H groups in total. The molecule has 1 aromatic carbocycles. The van der Waals surface area contributed by atoms with Crippen molar-refractivity contribution in [2.45, 2.75) is 25.1 Å². The lowest BCUT2D eigenvalue weighted by Gasteiger charge is -2.29. The van der Waals surface area contributed by atoms with E-state index in [4.69, 9.17) is 0 Å². The molecule has 1 aliphatic rings. The number of nitrogens with one attached hydrogen (secondary N) is 1. The first-order chi connectivity index (χ1) is 10.9. The summed E-state index contributed by atoms with van der Waals surface area (Å²) in [5, 5.41) is 0. The second-order valence-corrected chi connectivity index (χ2v) is 5.96. The lowest BCUT2D eigenvalue weighted by molar-refractivity contribution is -0.137. The normalized spacial score (nSPS) is 17.6. The maximum absolute atomic E-state index is 13.1. The number of halogens is 3. The quantitative estimate of drug-likeness (QED) is 0.922. The number of rotatable bonds is 2. The maximum atomic E-state index is 13.1. The minimum atomic E-state index is -4.46. The van der Waals surface area contributed by atoms with Gasteiger partial charge in [0.1, 0.15) is 0 Å². The van der Waals surface area contributed by atoms with Crippen molar-refractivity contribution in [1.29, 1.82) is 0 Å². The van der Waals surface area contributed by atoms with E-state index in [9.17, 15) is 18.0 Å². The molecule has 0 radical (unpaired) electrons. The smallest absolute Gasteiger partial charge is 0.306 e. The van der Waals surface area contributed by atoms with E-state index in [1.54, 1.807) is 0 Å². The summed E-state index contributed by atoms with van der Waals surface area (Å²) < 4.78 is 40.9. The highest BCUT2D eigenvalue weighted by atomic mass is 19.4. The van der Waals surface area contributed by atoms with Crippen LogP contribution in [-0.4, -0.2) is 34.6 Å². The molecule has 7 heteroatoms. The van der Waals surface area contributed by atoms with E-state index in [0.29, 0.717) is 0 Å². The summed E-state index contributed by atoms with van der Waals surface area (Å²) in [7, 11) is 2.01. The van der Waals surface area contributed by atoms with Crippen LogP contribution < -0.4 is 5.69 Å². The van der Waals surface area contributed by atoms with Gasteiger partial charge in [0.2, 0.25) is 0 Å². The molecule has 2 aromatic rings. The van der Waals surface area contributed by atoms with Gasteiger partial charge in [-0.2, -0.15) is 13.2 Å². The highest BCUT2D eigenvalue weighted by molar-refractivity contribution is 5.63. The van der Waals surface area contributed by atoms with Gasteiger partial charge in [0.15, 0.2) is 0 Å². The summed E-state index contributed by atoms with van der Waals surface area (Å²) in [5.41, 5.74) is -0.881. The molecular formula is C16H18F3N3O. The van der Waals surface area contributed by atoms with Crippen LogP contribution in [0.25, 0.3) is 11.3 Å². The summed E-state index contributed by atoms with van der Waals surface area (Å²) in [6, 6.07) is 5.32. The van der Waals surface area contributed by atoms with E-state index in [1.165, 1.54) is 29.0 Å². The number of aromatic amines is 1. The zero-order chi connectivity index (χ0) is 16.6. The van der Waals surface area contributed by atoms with Crippen molar-refractivity contribution in [3.05, 3.63) is 46.5 Å². The topological polar surface area (TPSA) is 41.0 Å². The monoisotopic (exact) mass is 325 g/mol. The lowest BCUT2D eigenvalue weighted by Crippen LogP contribution is -2.34. The Hall–Kier alpha value is -2.02. The third kappa shape index (κ3) is 3.19. The first-order valence-electron chi connectivity index (χ1n) is 7.52. The zero-order valence-corrected chi connectivity index (χ0v) is 12.7. The van der Waals surface area contributed by atoms with Crippen molar-refractivity contribution in [3.63, 3.8) is 0 Å². The van der Waals surface area contributed by atoms with Gasteiger partial charge in [0.05, 0.1) is 11.3 Å². The highest BCUT2D eigenvalue weighted by Gasteiger charge is 2.34. The molecule has 23 heavy (non-hydrogen) atoms. The Kier molecular flexibility index (Phi) is 4.06. The van der Waals surface area contributed by atoms with Crippen LogP contribution >= 0.6 is 0 Å². The van der Waals surface area contributed by atoms with Crippen LogP contribution in [0.5, 0.6) is 0 Å². The Morgan fingerprint density at radius 2 is 1.83 bits per heavy atom. The summed E-state index contributed by atoms with van der Waals surface area (Å²) in [6.45, 7) is 1.74. The molecule has 0 saturated carbocycles. The average Bonchev–Trinajstić information content (AvgIpc) is 2.89. The molecule has 1 fully saturated rings. The van der Waals surface area contributed by atoms with Crippen LogP contribution in [0.15, 0.2) is 35.3 Å². The number of nitrogens with zero attached hydrogens (tertiary/aromatic N) is 2. The van der Waals surface area contributed by atoms with Crippen LogP contribution in [0.3, 0.4) is 0 Å².